The van der Waals surface area contributed by atoms with Gasteiger partial charge in [0.05, 0.1) is 23.5 Å². The zero-order chi connectivity index (χ0) is 18.5. The number of fused-ring (bicyclic) bond motifs is 1. The molecule has 0 aliphatic heterocycles. The summed E-state index contributed by atoms with van der Waals surface area (Å²) in [5.41, 5.74) is 3.22. The molecule has 0 aliphatic carbocycles. The van der Waals surface area contributed by atoms with Gasteiger partial charge in [0.1, 0.15) is 5.82 Å². The Kier molecular flexibility index (Phi) is 5.34. The largest absolute Gasteiger partial charge is 0.356 e. The van der Waals surface area contributed by atoms with Crippen molar-refractivity contribution in [2.75, 3.05) is 6.54 Å². The highest BCUT2D eigenvalue weighted by atomic mass is 32.1. The number of amides is 1. The number of imidazole rings is 1. The van der Waals surface area contributed by atoms with Gasteiger partial charge < -0.3 is 14.9 Å². The van der Waals surface area contributed by atoms with E-state index < -0.39 is 0 Å². The first-order valence-corrected chi connectivity index (χ1v) is 10.1. The summed E-state index contributed by atoms with van der Waals surface area (Å²) < 4.78 is 2.09. The van der Waals surface area contributed by atoms with Crippen molar-refractivity contribution in [1.29, 1.82) is 0 Å². The molecular formula is C21H22N4OS. The summed E-state index contributed by atoms with van der Waals surface area (Å²) >= 11 is 1.66. The smallest absolute Gasteiger partial charge is 0.222 e. The fourth-order valence-corrected chi connectivity index (χ4v) is 3.98. The van der Waals surface area contributed by atoms with E-state index in [1.807, 2.05) is 48.8 Å². The van der Waals surface area contributed by atoms with Crippen molar-refractivity contribution in [1.82, 2.24) is 19.9 Å². The maximum atomic E-state index is 12.5. The first-order valence-electron chi connectivity index (χ1n) is 9.14. The molecule has 0 saturated carbocycles. The lowest BCUT2D eigenvalue weighted by Gasteiger charge is -2.18. The van der Waals surface area contributed by atoms with Gasteiger partial charge in [-0.1, -0.05) is 12.1 Å². The van der Waals surface area contributed by atoms with Crippen LogP contribution in [0.5, 0.6) is 0 Å². The Balaban J connectivity index is 1.28. The molecule has 0 radical (unpaired) electrons. The minimum atomic E-state index is 0.0432. The Morgan fingerprint density at radius 1 is 1.19 bits per heavy atom. The highest BCUT2D eigenvalue weighted by molar-refractivity contribution is 7.08. The van der Waals surface area contributed by atoms with Crippen LogP contribution in [0.1, 0.15) is 30.3 Å². The van der Waals surface area contributed by atoms with Crippen LogP contribution in [0.3, 0.4) is 0 Å². The summed E-state index contributed by atoms with van der Waals surface area (Å²) in [6.45, 7) is 0.651. The zero-order valence-electron chi connectivity index (χ0n) is 15.0. The highest BCUT2D eigenvalue weighted by Gasteiger charge is 2.17. The molecule has 0 unspecified atom stereocenters. The SMILES string of the molecule is O=C(C[C@H](c1ccsc1)n1cccc1)NCCCc1nc2ccccc2[nH]1. The standard InChI is InChI=1S/C21H22N4OS/c26-21(14-19(16-9-13-27-15-16)25-11-3-4-12-25)22-10-5-8-20-23-17-6-1-2-7-18(17)24-20/h1-4,6-7,9,11-13,15,19H,5,8,10,14H2,(H,22,26)(H,23,24)/t19-/m1/s1. The van der Waals surface area contributed by atoms with Crippen LogP contribution >= 0.6 is 11.3 Å². The molecule has 27 heavy (non-hydrogen) atoms. The van der Waals surface area contributed by atoms with E-state index in [0.717, 1.165) is 29.7 Å². The Morgan fingerprint density at radius 3 is 2.81 bits per heavy atom. The first-order chi connectivity index (χ1) is 13.3. The second kappa shape index (κ2) is 8.22. The number of aromatic nitrogens is 3. The monoisotopic (exact) mass is 378 g/mol. The van der Waals surface area contributed by atoms with Crippen molar-refractivity contribution in [3.63, 3.8) is 0 Å². The van der Waals surface area contributed by atoms with E-state index in [1.165, 1.54) is 5.56 Å². The van der Waals surface area contributed by atoms with Crippen molar-refractivity contribution in [2.24, 2.45) is 0 Å². The number of carbonyl (C=O) groups is 1. The van der Waals surface area contributed by atoms with Gasteiger partial charge in [-0.25, -0.2) is 4.98 Å². The number of thiophene rings is 1. The van der Waals surface area contributed by atoms with Gasteiger partial charge in [-0.2, -0.15) is 11.3 Å². The first kappa shape index (κ1) is 17.5. The predicted octanol–water partition coefficient (Wildman–Crippen LogP) is 4.15. The van der Waals surface area contributed by atoms with Gasteiger partial charge >= 0.3 is 0 Å². The molecule has 0 fully saturated rings. The number of H-pyrrole nitrogens is 1. The second-order valence-electron chi connectivity index (χ2n) is 6.56. The van der Waals surface area contributed by atoms with Crippen LogP contribution in [-0.2, 0) is 11.2 Å². The van der Waals surface area contributed by atoms with Gasteiger partial charge in [-0.15, -0.1) is 0 Å². The van der Waals surface area contributed by atoms with Gasteiger partial charge in [-0.3, -0.25) is 4.79 Å². The van der Waals surface area contributed by atoms with Crippen LogP contribution < -0.4 is 5.32 Å². The lowest BCUT2D eigenvalue weighted by molar-refractivity contribution is -0.121. The zero-order valence-corrected chi connectivity index (χ0v) is 15.8. The van der Waals surface area contributed by atoms with Gasteiger partial charge in [0.25, 0.3) is 0 Å². The van der Waals surface area contributed by atoms with E-state index in [-0.39, 0.29) is 11.9 Å². The molecule has 5 nitrogen and oxygen atoms in total. The lowest BCUT2D eigenvalue weighted by atomic mass is 10.1. The molecule has 0 bridgehead atoms. The summed E-state index contributed by atoms with van der Waals surface area (Å²) in [6.07, 6.45) is 6.14. The third-order valence-corrected chi connectivity index (χ3v) is 5.35. The van der Waals surface area contributed by atoms with Crippen molar-refractivity contribution >= 4 is 28.3 Å². The Bertz CT molecular complexity index is 921. The van der Waals surface area contributed by atoms with Crippen LogP contribution in [0.25, 0.3) is 11.0 Å². The van der Waals surface area contributed by atoms with Gasteiger partial charge in [0, 0.05) is 25.4 Å². The number of aromatic amines is 1. The lowest BCUT2D eigenvalue weighted by Crippen LogP contribution is -2.27. The van der Waals surface area contributed by atoms with Crippen molar-refractivity contribution in [3.05, 3.63) is 77.0 Å². The molecule has 0 spiro atoms. The molecule has 1 atom stereocenters. The number of carbonyl (C=O) groups excluding carboxylic acids is 1. The second-order valence-corrected chi connectivity index (χ2v) is 7.34. The molecule has 1 aromatic carbocycles. The average molecular weight is 379 g/mol. The number of nitrogens with one attached hydrogen (secondary N) is 2. The molecule has 4 aromatic rings. The number of hydrogen-bond acceptors (Lipinski definition) is 3. The third kappa shape index (κ3) is 4.28. The summed E-state index contributed by atoms with van der Waals surface area (Å²) in [4.78, 5) is 20.4. The molecule has 4 rings (SSSR count). The average Bonchev–Trinajstić information content (AvgIpc) is 3.44. The Hall–Kier alpha value is -2.86. The van der Waals surface area contributed by atoms with Crippen LogP contribution in [0.15, 0.2) is 65.6 Å². The van der Waals surface area contributed by atoms with Crippen molar-refractivity contribution in [2.45, 2.75) is 25.3 Å². The molecule has 0 aliphatic rings. The molecule has 3 heterocycles. The Labute approximate surface area is 162 Å². The van der Waals surface area contributed by atoms with Gasteiger partial charge in [-0.05, 0) is 53.1 Å². The number of nitrogens with zero attached hydrogens (tertiary/aromatic N) is 2. The highest BCUT2D eigenvalue weighted by Crippen LogP contribution is 2.24. The Morgan fingerprint density at radius 2 is 2.04 bits per heavy atom. The van der Waals surface area contributed by atoms with Gasteiger partial charge in [0.15, 0.2) is 0 Å². The number of para-hydroxylation sites is 2. The van der Waals surface area contributed by atoms with Crippen LogP contribution in [-0.4, -0.2) is 27.0 Å². The summed E-state index contributed by atoms with van der Waals surface area (Å²) in [5.74, 6) is 1.04. The molecule has 1 amide bonds. The number of rotatable bonds is 8. The maximum absolute atomic E-state index is 12.5. The maximum Gasteiger partial charge on any atom is 0.222 e. The molecule has 2 N–H and O–H groups in total. The van der Waals surface area contributed by atoms with E-state index in [9.17, 15) is 4.79 Å². The fourth-order valence-electron chi connectivity index (χ4n) is 3.27. The number of hydrogen-bond donors (Lipinski definition) is 2. The molecule has 138 valence electrons. The summed E-state index contributed by atoms with van der Waals surface area (Å²) in [6, 6.07) is 14.1. The molecule has 6 heteroatoms. The van der Waals surface area contributed by atoms with Gasteiger partial charge in [0.2, 0.25) is 5.91 Å². The van der Waals surface area contributed by atoms with Crippen molar-refractivity contribution in [3.8, 4) is 0 Å². The molecule has 0 saturated heterocycles. The fraction of sp³-hybridized carbons (Fsp3) is 0.238. The molecular weight excluding hydrogens is 356 g/mol. The third-order valence-electron chi connectivity index (χ3n) is 4.65. The number of aryl methyl sites for hydroxylation is 1. The normalized spacial score (nSPS) is 12.3. The quantitative estimate of drug-likeness (QED) is 0.452. The van der Waals surface area contributed by atoms with Crippen LogP contribution in [0.2, 0.25) is 0 Å². The summed E-state index contributed by atoms with van der Waals surface area (Å²) in [5, 5.41) is 7.21. The van der Waals surface area contributed by atoms with Crippen LogP contribution in [0, 0.1) is 0 Å². The minimum absolute atomic E-state index is 0.0432. The summed E-state index contributed by atoms with van der Waals surface area (Å²) in [7, 11) is 0. The van der Waals surface area contributed by atoms with E-state index in [0.29, 0.717) is 13.0 Å². The number of benzene rings is 1. The van der Waals surface area contributed by atoms with Crippen LogP contribution in [0.4, 0.5) is 0 Å². The predicted molar refractivity (Wildman–Crippen MR) is 109 cm³/mol. The van der Waals surface area contributed by atoms with E-state index in [4.69, 9.17) is 0 Å². The van der Waals surface area contributed by atoms with E-state index in [1.54, 1.807) is 11.3 Å². The van der Waals surface area contributed by atoms with Crippen molar-refractivity contribution < 1.29 is 4.79 Å². The minimum Gasteiger partial charge on any atom is -0.356 e. The molecule has 3 aromatic heterocycles. The van der Waals surface area contributed by atoms with E-state index in [2.05, 4.69) is 36.7 Å². The topological polar surface area (TPSA) is 62.7 Å². The van der Waals surface area contributed by atoms with E-state index >= 15 is 0 Å².